The number of anilines is 2. The Hall–Kier alpha value is -3.72. The molecule has 0 saturated carbocycles. The quantitative estimate of drug-likeness (QED) is 0.274. The van der Waals surface area contributed by atoms with Gasteiger partial charge in [0.1, 0.15) is 11.2 Å². The minimum Gasteiger partial charge on any atom is -0.493 e. The SMILES string of the molecule is CCN1C(=O)C(C)(C)C(=O)N(C)c2cc(OCCCN(CCc3cccnc3)Cc3cc(C)nn3C)ccc21. The van der Waals surface area contributed by atoms with Gasteiger partial charge < -0.3 is 14.5 Å². The Morgan fingerprint density at radius 3 is 2.49 bits per heavy atom. The van der Waals surface area contributed by atoms with Gasteiger partial charge in [-0.25, -0.2) is 0 Å². The summed E-state index contributed by atoms with van der Waals surface area (Å²) in [5, 5.41) is 4.50. The van der Waals surface area contributed by atoms with E-state index in [2.05, 4.69) is 27.1 Å². The molecule has 0 N–H and O–H groups in total. The van der Waals surface area contributed by atoms with Crippen LogP contribution in [0.1, 0.15) is 44.1 Å². The molecule has 0 fully saturated rings. The van der Waals surface area contributed by atoms with Crippen molar-refractivity contribution in [2.24, 2.45) is 12.5 Å². The van der Waals surface area contributed by atoms with Crippen LogP contribution in [0.4, 0.5) is 11.4 Å². The van der Waals surface area contributed by atoms with E-state index in [-0.39, 0.29) is 11.8 Å². The fraction of sp³-hybridized carbons (Fsp3) is 0.467. The van der Waals surface area contributed by atoms with Crippen LogP contribution in [-0.4, -0.2) is 64.8 Å². The summed E-state index contributed by atoms with van der Waals surface area (Å²) < 4.78 is 8.09. The second-order valence-corrected chi connectivity index (χ2v) is 10.7. The number of pyridine rings is 1. The maximum atomic E-state index is 13.1. The summed E-state index contributed by atoms with van der Waals surface area (Å²) in [6.45, 7) is 10.9. The van der Waals surface area contributed by atoms with Crippen molar-refractivity contribution in [3.8, 4) is 5.75 Å². The van der Waals surface area contributed by atoms with Crippen LogP contribution in [0.2, 0.25) is 0 Å². The number of carbonyl (C=O) groups excluding carboxylic acids is 2. The normalized spacial score (nSPS) is 15.1. The summed E-state index contributed by atoms with van der Waals surface area (Å²) in [4.78, 5) is 36.1. The average molecular weight is 533 g/mol. The lowest BCUT2D eigenvalue weighted by atomic mass is 9.90. The highest BCUT2D eigenvalue weighted by molar-refractivity contribution is 6.20. The highest BCUT2D eigenvalue weighted by atomic mass is 16.5. The number of ether oxygens (including phenoxy) is 1. The smallest absolute Gasteiger partial charge is 0.242 e. The van der Waals surface area contributed by atoms with Crippen LogP contribution in [0, 0.1) is 12.3 Å². The van der Waals surface area contributed by atoms with E-state index in [0.717, 1.165) is 43.9 Å². The summed E-state index contributed by atoms with van der Waals surface area (Å²) in [7, 11) is 3.71. The number of nitrogens with zero attached hydrogens (tertiary/aromatic N) is 6. The molecule has 0 atom stereocenters. The Kier molecular flexibility index (Phi) is 8.70. The number of hydrogen-bond donors (Lipinski definition) is 0. The van der Waals surface area contributed by atoms with Crippen molar-refractivity contribution in [1.82, 2.24) is 19.7 Å². The van der Waals surface area contributed by atoms with Gasteiger partial charge in [-0.15, -0.1) is 0 Å². The van der Waals surface area contributed by atoms with Gasteiger partial charge in [-0.2, -0.15) is 5.10 Å². The number of hydrogen-bond acceptors (Lipinski definition) is 6. The summed E-state index contributed by atoms with van der Waals surface area (Å²) in [5.74, 6) is 0.265. The van der Waals surface area contributed by atoms with E-state index < -0.39 is 5.41 Å². The van der Waals surface area contributed by atoms with Crippen LogP contribution in [0.15, 0.2) is 48.8 Å². The fourth-order valence-corrected chi connectivity index (χ4v) is 5.09. The van der Waals surface area contributed by atoms with Crippen molar-refractivity contribution in [3.63, 3.8) is 0 Å². The Morgan fingerprint density at radius 2 is 1.82 bits per heavy atom. The van der Waals surface area contributed by atoms with Gasteiger partial charge in [0.2, 0.25) is 11.8 Å². The lowest BCUT2D eigenvalue weighted by molar-refractivity contribution is -0.137. The molecule has 0 bridgehead atoms. The standard InChI is InChI=1S/C30H40N6O3/c1-7-36-26-12-11-25(19-27(26)33(5)28(37)30(3,4)29(36)38)39-17-9-15-35(16-13-23-10-8-14-31-20-23)21-24-18-22(2)32-34(24)6/h8,10-12,14,18-20H,7,9,13,15-17,21H2,1-6H3. The molecule has 0 aliphatic carbocycles. The second-order valence-electron chi connectivity index (χ2n) is 10.7. The van der Waals surface area contributed by atoms with Crippen LogP contribution < -0.4 is 14.5 Å². The molecule has 0 saturated heterocycles. The number of amides is 2. The average Bonchev–Trinajstić information content (AvgIpc) is 3.23. The molecule has 208 valence electrons. The molecule has 9 heteroatoms. The molecule has 1 aliphatic heterocycles. The van der Waals surface area contributed by atoms with Crippen molar-refractivity contribution in [1.29, 1.82) is 0 Å². The zero-order valence-electron chi connectivity index (χ0n) is 24.0. The van der Waals surface area contributed by atoms with E-state index in [1.54, 1.807) is 36.9 Å². The molecule has 2 aromatic heterocycles. The number of carbonyl (C=O) groups is 2. The molecule has 2 amide bonds. The van der Waals surface area contributed by atoms with Crippen molar-refractivity contribution < 1.29 is 14.3 Å². The van der Waals surface area contributed by atoms with Crippen molar-refractivity contribution >= 4 is 23.2 Å². The van der Waals surface area contributed by atoms with E-state index in [1.807, 2.05) is 56.0 Å². The van der Waals surface area contributed by atoms with Gasteiger partial charge in [0, 0.05) is 58.7 Å². The van der Waals surface area contributed by atoms with Gasteiger partial charge in [0.15, 0.2) is 0 Å². The monoisotopic (exact) mass is 532 g/mol. The van der Waals surface area contributed by atoms with Gasteiger partial charge in [-0.3, -0.25) is 24.2 Å². The Balaban J connectivity index is 1.41. The molecule has 3 heterocycles. The topological polar surface area (TPSA) is 83.8 Å². The first-order chi connectivity index (χ1) is 18.6. The number of aromatic nitrogens is 3. The lowest BCUT2D eigenvalue weighted by Crippen LogP contribution is -2.47. The lowest BCUT2D eigenvalue weighted by Gasteiger charge is -2.27. The van der Waals surface area contributed by atoms with E-state index in [1.165, 1.54) is 11.3 Å². The molecule has 4 rings (SSSR count). The predicted octanol–water partition coefficient (Wildman–Crippen LogP) is 3.99. The maximum Gasteiger partial charge on any atom is 0.242 e. The number of fused-ring (bicyclic) bond motifs is 1. The van der Waals surface area contributed by atoms with E-state index in [9.17, 15) is 9.59 Å². The molecule has 0 spiro atoms. The minimum absolute atomic E-state index is 0.191. The minimum atomic E-state index is -1.13. The van der Waals surface area contributed by atoms with Crippen molar-refractivity contribution in [2.45, 2.75) is 47.1 Å². The van der Waals surface area contributed by atoms with Crippen LogP contribution in [0.3, 0.4) is 0 Å². The van der Waals surface area contributed by atoms with Gasteiger partial charge in [0.25, 0.3) is 0 Å². The third-order valence-electron chi connectivity index (χ3n) is 7.35. The molecule has 0 radical (unpaired) electrons. The van der Waals surface area contributed by atoms with E-state index >= 15 is 0 Å². The largest absolute Gasteiger partial charge is 0.493 e. The van der Waals surface area contributed by atoms with Crippen LogP contribution >= 0.6 is 0 Å². The van der Waals surface area contributed by atoms with Gasteiger partial charge in [-0.1, -0.05) is 6.07 Å². The summed E-state index contributed by atoms with van der Waals surface area (Å²) in [6, 6.07) is 11.8. The highest BCUT2D eigenvalue weighted by Gasteiger charge is 2.45. The van der Waals surface area contributed by atoms with Crippen LogP contribution in [0.25, 0.3) is 0 Å². The van der Waals surface area contributed by atoms with Crippen molar-refractivity contribution in [2.75, 3.05) is 43.1 Å². The molecule has 1 aliphatic rings. The molecule has 0 unspecified atom stereocenters. The van der Waals surface area contributed by atoms with E-state index in [4.69, 9.17) is 4.74 Å². The zero-order chi connectivity index (χ0) is 28.2. The molecule has 1 aromatic carbocycles. The number of rotatable bonds is 11. The first-order valence-electron chi connectivity index (χ1n) is 13.6. The van der Waals surface area contributed by atoms with Crippen LogP contribution in [-0.2, 0) is 29.6 Å². The summed E-state index contributed by atoms with van der Waals surface area (Å²) in [5.41, 5.74) is 3.69. The summed E-state index contributed by atoms with van der Waals surface area (Å²) >= 11 is 0. The summed E-state index contributed by atoms with van der Waals surface area (Å²) in [6.07, 6.45) is 5.47. The van der Waals surface area contributed by atoms with Gasteiger partial charge in [-0.05, 0) is 70.4 Å². The molecular formula is C30H40N6O3. The first-order valence-corrected chi connectivity index (χ1v) is 13.6. The molecule has 39 heavy (non-hydrogen) atoms. The first kappa shape index (κ1) is 28.3. The van der Waals surface area contributed by atoms with Crippen LogP contribution in [0.5, 0.6) is 5.75 Å². The number of benzene rings is 1. The molecule has 9 nitrogen and oxygen atoms in total. The third kappa shape index (κ3) is 6.30. The Labute approximate surface area is 231 Å². The predicted molar refractivity (Wildman–Crippen MR) is 153 cm³/mol. The maximum absolute atomic E-state index is 13.1. The third-order valence-corrected chi connectivity index (χ3v) is 7.35. The molecule has 3 aromatic rings. The van der Waals surface area contributed by atoms with Crippen molar-refractivity contribution in [3.05, 3.63) is 65.7 Å². The fourth-order valence-electron chi connectivity index (χ4n) is 5.09. The highest BCUT2D eigenvalue weighted by Crippen LogP contribution is 2.40. The van der Waals surface area contributed by atoms with Gasteiger partial charge in [0.05, 0.1) is 29.4 Å². The number of aryl methyl sites for hydroxylation is 2. The zero-order valence-corrected chi connectivity index (χ0v) is 24.0. The molecular weight excluding hydrogens is 492 g/mol. The Morgan fingerprint density at radius 1 is 1.03 bits per heavy atom. The second kappa shape index (κ2) is 12.0. The Bertz CT molecular complexity index is 1300. The van der Waals surface area contributed by atoms with E-state index in [0.29, 0.717) is 24.6 Å². The van der Waals surface area contributed by atoms with Gasteiger partial charge >= 0.3 is 0 Å².